The fraction of sp³-hybridized carbons (Fsp3) is 0.467. The first kappa shape index (κ1) is 14.6. The minimum Gasteiger partial charge on any atom is -0.400 e. The zero-order chi connectivity index (χ0) is 14.3. The summed E-state index contributed by atoms with van der Waals surface area (Å²) < 4.78 is 11.8. The van der Waals surface area contributed by atoms with Gasteiger partial charge < -0.3 is 9.31 Å². The van der Waals surface area contributed by atoms with Gasteiger partial charge in [-0.1, -0.05) is 35.8 Å². The molecule has 1 aliphatic rings. The highest BCUT2D eigenvalue weighted by atomic mass is 35.5. The van der Waals surface area contributed by atoms with Gasteiger partial charge in [0.05, 0.1) is 11.2 Å². The number of rotatable bonds is 2. The van der Waals surface area contributed by atoms with Crippen LogP contribution in [0.1, 0.15) is 38.8 Å². The summed E-state index contributed by atoms with van der Waals surface area (Å²) in [6.45, 7) is 10.2. The van der Waals surface area contributed by atoms with Crippen LogP contribution in [0.2, 0.25) is 5.02 Å². The molecule has 102 valence electrons. The van der Waals surface area contributed by atoms with Gasteiger partial charge in [0.1, 0.15) is 0 Å². The van der Waals surface area contributed by atoms with E-state index in [0.717, 1.165) is 16.1 Å². The van der Waals surface area contributed by atoms with E-state index in [1.807, 2.05) is 64.9 Å². The second-order valence-corrected chi connectivity index (χ2v) is 6.35. The molecule has 1 aromatic rings. The van der Waals surface area contributed by atoms with Gasteiger partial charge in [-0.05, 0) is 51.8 Å². The molecule has 1 aliphatic heterocycles. The van der Waals surface area contributed by atoms with Crippen molar-refractivity contribution in [1.82, 2.24) is 0 Å². The van der Waals surface area contributed by atoms with E-state index in [0.29, 0.717) is 0 Å². The third-order valence-electron chi connectivity index (χ3n) is 4.01. The maximum Gasteiger partial charge on any atom is 0.487 e. The number of hydrogen-bond donors (Lipinski definition) is 0. The lowest BCUT2D eigenvalue weighted by atomic mass is 9.88. The minimum absolute atomic E-state index is 0.300. The molecule has 0 saturated carbocycles. The smallest absolute Gasteiger partial charge is 0.400 e. The van der Waals surface area contributed by atoms with Crippen molar-refractivity contribution in [3.8, 4) is 0 Å². The third-order valence-corrected chi connectivity index (χ3v) is 4.42. The first-order valence-corrected chi connectivity index (χ1v) is 6.90. The van der Waals surface area contributed by atoms with Gasteiger partial charge in [0.15, 0.2) is 0 Å². The van der Waals surface area contributed by atoms with Crippen LogP contribution in [-0.4, -0.2) is 18.3 Å². The molecule has 2 rings (SSSR count). The first-order valence-electron chi connectivity index (χ1n) is 6.52. The van der Waals surface area contributed by atoms with Gasteiger partial charge in [-0.25, -0.2) is 0 Å². The Labute approximate surface area is 120 Å². The molecule has 1 fully saturated rings. The second-order valence-electron chi connectivity index (χ2n) is 5.94. The summed E-state index contributed by atoms with van der Waals surface area (Å²) in [4.78, 5) is 0. The molecule has 0 aliphatic carbocycles. The molecule has 0 N–H and O–H groups in total. The van der Waals surface area contributed by atoms with E-state index in [4.69, 9.17) is 20.9 Å². The molecule has 0 bridgehead atoms. The average Bonchev–Trinajstić information content (AvgIpc) is 2.50. The molecule has 0 atom stereocenters. The maximum atomic E-state index is 6.10. The zero-order valence-electron chi connectivity index (χ0n) is 12.2. The average molecular weight is 279 g/mol. The van der Waals surface area contributed by atoms with Crippen molar-refractivity contribution in [3.05, 3.63) is 40.3 Å². The zero-order valence-corrected chi connectivity index (χ0v) is 12.9. The highest BCUT2D eigenvalue weighted by Crippen LogP contribution is 2.37. The lowest BCUT2D eigenvalue weighted by Crippen LogP contribution is -2.41. The summed E-state index contributed by atoms with van der Waals surface area (Å²) in [5, 5.41) is 0.774. The van der Waals surface area contributed by atoms with Crippen LogP contribution < -0.4 is 0 Å². The Hall–Kier alpha value is -0.765. The van der Waals surface area contributed by atoms with Gasteiger partial charge in [0.2, 0.25) is 0 Å². The Morgan fingerprint density at radius 3 is 2.26 bits per heavy atom. The Morgan fingerprint density at radius 1 is 1.11 bits per heavy atom. The van der Waals surface area contributed by atoms with Gasteiger partial charge >= 0.3 is 7.12 Å². The molecule has 0 radical (unpaired) electrons. The van der Waals surface area contributed by atoms with Crippen molar-refractivity contribution < 1.29 is 9.31 Å². The lowest BCUT2D eigenvalue weighted by Gasteiger charge is -2.32. The molecule has 19 heavy (non-hydrogen) atoms. The Kier molecular flexibility index (Phi) is 3.83. The third kappa shape index (κ3) is 2.89. The molecule has 0 spiro atoms. The number of halogens is 1. The SMILES string of the molecule is Cc1c(Cl)cccc1C=CB1OC(C)(C)C(C)(C)O1. The van der Waals surface area contributed by atoms with E-state index < -0.39 is 0 Å². The van der Waals surface area contributed by atoms with E-state index >= 15 is 0 Å². The van der Waals surface area contributed by atoms with Crippen molar-refractivity contribution in [2.45, 2.75) is 45.8 Å². The van der Waals surface area contributed by atoms with E-state index in [-0.39, 0.29) is 18.3 Å². The Morgan fingerprint density at radius 2 is 1.68 bits per heavy atom. The second kappa shape index (κ2) is 4.97. The summed E-state index contributed by atoms with van der Waals surface area (Å²) in [5.41, 5.74) is 1.55. The van der Waals surface area contributed by atoms with E-state index in [1.54, 1.807) is 0 Å². The molecule has 2 nitrogen and oxygen atoms in total. The summed E-state index contributed by atoms with van der Waals surface area (Å²) >= 11 is 6.10. The maximum absolute atomic E-state index is 6.10. The predicted molar refractivity (Wildman–Crippen MR) is 81.3 cm³/mol. The highest BCUT2D eigenvalue weighted by molar-refractivity contribution is 6.52. The largest absolute Gasteiger partial charge is 0.487 e. The van der Waals surface area contributed by atoms with E-state index in [1.165, 1.54) is 0 Å². The lowest BCUT2D eigenvalue weighted by molar-refractivity contribution is 0.00578. The fourth-order valence-corrected chi connectivity index (χ4v) is 2.14. The Balaban J connectivity index is 2.15. The minimum atomic E-state index is -0.316. The van der Waals surface area contributed by atoms with Gasteiger partial charge in [-0.15, -0.1) is 0 Å². The van der Waals surface area contributed by atoms with Crippen LogP contribution in [0.4, 0.5) is 0 Å². The molecular weight excluding hydrogens is 258 g/mol. The van der Waals surface area contributed by atoms with E-state index in [2.05, 4.69) is 0 Å². The van der Waals surface area contributed by atoms with Crippen molar-refractivity contribution in [2.75, 3.05) is 0 Å². The van der Waals surface area contributed by atoms with Gasteiger partial charge in [-0.3, -0.25) is 0 Å². The monoisotopic (exact) mass is 278 g/mol. The van der Waals surface area contributed by atoms with Crippen LogP contribution >= 0.6 is 11.6 Å². The van der Waals surface area contributed by atoms with Crippen LogP contribution in [-0.2, 0) is 9.31 Å². The summed E-state index contributed by atoms with van der Waals surface area (Å²) in [6, 6.07) is 5.87. The van der Waals surface area contributed by atoms with Gasteiger partial charge in [-0.2, -0.15) is 0 Å². The number of hydrogen-bond acceptors (Lipinski definition) is 2. The van der Waals surface area contributed by atoms with Crippen LogP contribution in [0.15, 0.2) is 24.2 Å². The molecule has 4 heteroatoms. The number of benzene rings is 1. The molecule has 1 saturated heterocycles. The molecule has 0 unspecified atom stereocenters. The van der Waals surface area contributed by atoms with Crippen LogP contribution in [0.3, 0.4) is 0 Å². The van der Waals surface area contributed by atoms with Gasteiger partial charge in [0, 0.05) is 5.02 Å². The van der Waals surface area contributed by atoms with Crippen molar-refractivity contribution in [3.63, 3.8) is 0 Å². The normalized spacial score (nSPS) is 21.3. The highest BCUT2D eigenvalue weighted by Gasteiger charge is 2.49. The standard InChI is InChI=1S/C15H20BClO2/c1-11-12(7-6-8-13(11)17)9-10-16-18-14(2,3)15(4,5)19-16/h6-10H,1-5H3. The molecule has 1 heterocycles. The van der Waals surface area contributed by atoms with E-state index in [9.17, 15) is 0 Å². The van der Waals surface area contributed by atoms with Crippen LogP contribution in [0, 0.1) is 6.92 Å². The van der Waals surface area contributed by atoms with Crippen molar-refractivity contribution in [2.24, 2.45) is 0 Å². The van der Waals surface area contributed by atoms with Crippen molar-refractivity contribution >= 4 is 24.8 Å². The summed E-state index contributed by atoms with van der Waals surface area (Å²) in [5.74, 6) is 1.94. The summed E-state index contributed by atoms with van der Waals surface area (Å²) in [7, 11) is -0.316. The topological polar surface area (TPSA) is 18.5 Å². The molecule has 1 aromatic carbocycles. The quantitative estimate of drug-likeness (QED) is 0.751. The fourth-order valence-electron chi connectivity index (χ4n) is 1.95. The predicted octanol–water partition coefficient (Wildman–Crippen LogP) is 4.29. The van der Waals surface area contributed by atoms with Crippen molar-refractivity contribution in [1.29, 1.82) is 0 Å². The van der Waals surface area contributed by atoms with Crippen LogP contribution in [0.25, 0.3) is 6.08 Å². The molecule has 0 aromatic heterocycles. The molecule has 0 amide bonds. The first-order chi connectivity index (χ1) is 8.73. The summed E-state index contributed by atoms with van der Waals surface area (Å²) in [6.07, 6.45) is 2.00. The molecular formula is C15H20BClO2. The van der Waals surface area contributed by atoms with Gasteiger partial charge in [0.25, 0.3) is 0 Å². The Bertz CT molecular complexity index is 493. The van der Waals surface area contributed by atoms with Crippen LogP contribution in [0.5, 0.6) is 0 Å².